The van der Waals surface area contributed by atoms with Gasteiger partial charge in [0, 0.05) is 19.6 Å². The van der Waals surface area contributed by atoms with E-state index in [4.69, 9.17) is 4.74 Å². The summed E-state index contributed by atoms with van der Waals surface area (Å²) >= 11 is 2.95. The predicted molar refractivity (Wildman–Crippen MR) is 76.8 cm³/mol. The minimum Gasteiger partial charge on any atom is -0.378 e. The van der Waals surface area contributed by atoms with Crippen molar-refractivity contribution < 1.29 is 9.53 Å². The van der Waals surface area contributed by atoms with Crippen LogP contribution in [0.1, 0.15) is 13.3 Å². The zero-order valence-corrected chi connectivity index (χ0v) is 12.6. The molecule has 0 spiro atoms. The summed E-state index contributed by atoms with van der Waals surface area (Å²) in [5.74, 6) is 0.564. The van der Waals surface area contributed by atoms with E-state index in [0.29, 0.717) is 32.1 Å². The molecule has 0 unspecified atom stereocenters. The molecule has 0 saturated carbocycles. The molecule has 19 heavy (non-hydrogen) atoms. The Kier molecular flexibility index (Phi) is 5.87. The minimum absolute atomic E-state index is 0.145. The van der Waals surface area contributed by atoms with E-state index in [-0.39, 0.29) is 5.91 Å². The van der Waals surface area contributed by atoms with Gasteiger partial charge >= 0.3 is 0 Å². The third-order valence-corrected chi connectivity index (χ3v) is 4.61. The van der Waals surface area contributed by atoms with Crippen molar-refractivity contribution in [1.29, 1.82) is 0 Å². The van der Waals surface area contributed by atoms with Gasteiger partial charge in [-0.3, -0.25) is 4.79 Å². The first-order chi connectivity index (χ1) is 9.29. The van der Waals surface area contributed by atoms with E-state index in [1.165, 1.54) is 23.1 Å². The number of thioether (sulfide) groups is 1. The van der Waals surface area contributed by atoms with Crippen molar-refractivity contribution in [2.75, 3.05) is 43.9 Å². The molecule has 1 N–H and O–H groups in total. The summed E-state index contributed by atoms with van der Waals surface area (Å²) in [5.41, 5.74) is 0. The number of nitrogens with zero attached hydrogens (tertiary/aromatic N) is 3. The number of aromatic nitrogens is 2. The van der Waals surface area contributed by atoms with Crippen LogP contribution in [0.3, 0.4) is 0 Å². The molecule has 1 aromatic heterocycles. The smallest absolute Gasteiger partial charge is 0.233 e. The Morgan fingerprint density at radius 2 is 2.26 bits per heavy atom. The highest BCUT2D eigenvalue weighted by molar-refractivity contribution is 8.01. The maximum absolute atomic E-state index is 11.9. The molecule has 0 aromatic carbocycles. The van der Waals surface area contributed by atoms with Gasteiger partial charge in [0.2, 0.25) is 11.0 Å². The van der Waals surface area contributed by atoms with E-state index >= 15 is 0 Å². The second kappa shape index (κ2) is 7.66. The lowest BCUT2D eigenvalue weighted by atomic mass is 10.4. The van der Waals surface area contributed by atoms with Gasteiger partial charge in [-0.25, -0.2) is 0 Å². The normalized spacial score (nSPS) is 15.5. The highest BCUT2D eigenvalue weighted by Crippen LogP contribution is 2.25. The Morgan fingerprint density at radius 1 is 1.47 bits per heavy atom. The van der Waals surface area contributed by atoms with E-state index in [1.807, 2.05) is 4.90 Å². The molecule has 1 aromatic rings. The molecule has 1 saturated heterocycles. The summed E-state index contributed by atoms with van der Waals surface area (Å²) in [7, 11) is 0. The molecule has 0 atom stereocenters. The van der Waals surface area contributed by atoms with Crippen LogP contribution < -0.4 is 5.32 Å². The molecule has 0 aliphatic carbocycles. The number of amides is 1. The van der Waals surface area contributed by atoms with E-state index in [1.54, 1.807) is 0 Å². The van der Waals surface area contributed by atoms with Crippen molar-refractivity contribution in [2.45, 2.75) is 17.7 Å². The lowest BCUT2D eigenvalue weighted by molar-refractivity contribution is -0.132. The summed E-state index contributed by atoms with van der Waals surface area (Å²) in [4.78, 5) is 13.8. The molecule has 1 fully saturated rings. The summed E-state index contributed by atoms with van der Waals surface area (Å²) in [5, 5.41) is 12.1. The van der Waals surface area contributed by atoms with Crippen LogP contribution in [0.5, 0.6) is 0 Å². The number of morpholine rings is 1. The molecule has 0 bridgehead atoms. The second-order valence-electron chi connectivity index (χ2n) is 4.08. The van der Waals surface area contributed by atoms with Crippen LogP contribution in [0, 0.1) is 0 Å². The molecule has 8 heteroatoms. The fraction of sp³-hybridized carbons (Fsp3) is 0.727. The maximum atomic E-state index is 11.9. The standard InChI is InChI=1S/C11H18N4O2S2/c1-2-3-12-10-13-14-11(19-10)18-8-9(16)15-4-6-17-7-5-15/h2-8H2,1H3,(H,12,13). The molecular formula is C11H18N4O2S2. The lowest BCUT2D eigenvalue weighted by Gasteiger charge is -2.26. The molecule has 2 heterocycles. The lowest BCUT2D eigenvalue weighted by Crippen LogP contribution is -2.41. The van der Waals surface area contributed by atoms with Crippen LogP contribution in [0.15, 0.2) is 4.34 Å². The zero-order valence-electron chi connectivity index (χ0n) is 10.9. The van der Waals surface area contributed by atoms with Gasteiger partial charge < -0.3 is 15.0 Å². The highest BCUT2D eigenvalue weighted by atomic mass is 32.2. The number of nitrogens with one attached hydrogen (secondary N) is 1. The van der Waals surface area contributed by atoms with Crippen molar-refractivity contribution in [3.8, 4) is 0 Å². The summed E-state index contributed by atoms with van der Waals surface area (Å²) in [6.45, 7) is 5.66. The second-order valence-corrected chi connectivity index (χ2v) is 6.28. The first-order valence-corrected chi connectivity index (χ1v) is 8.15. The van der Waals surface area contributed by atoms with Crippen molar-refractivity contribution in [2.24, 2.45) is 0 Å². The number of hydrogen-bond acceptors (Lipinski definition) is 7. The van der Waals surface area contributed by atoms with Gasteiger partial charge in [0.05, 0.1) is 19.0 Å². The number of carbonyl (C=O) groups is 1. The van der Waals surface area contributed by atoms with Gasteiger partial charge in [-0.15, -0.1) is 10.2 Å². The first-order valence-electron chi connectivity index (χ1n) is 6.35. The number of rotatable bonds is 6. The fourth-order valence-electron chi connectivity index (χ4n) is 1.60. The number of carbonyl (C=O) groups excluding carboxylic acids is 1. The molecule has 1 amide bonds. The van der Waals surface area contributed by atoms with Crippen LogP contribution in [0.25, 0.3) is 0 Å². The molecule has 6 nitrogen and oxygen atoms in total. The average Bonchev–Trinajstić information content (AvgIpc) is 2.91. The quantitative estimate of drug-likeness (QED) is 0.799. The Labute approximate surface area is 120 Å². The summed E-state index contributed by atoms with van der Waals surface area (Å²) < 4.78 is 6.06. The molecule has 2 rings (SSSR count). The van der Waals surface area contributed by atoms with Gasteiger partial charge in [0.1, 0.15) is 0 Å². The van der Waals surface area contributed by atoms with Crippen LogP contribution in [0.4, 0.5) is 5.13 Å². The van der Waals surface area contributed by atoms with E-state index in [2.05, 4.69) is 22.4 Å². The molecule has 106 valence electrons. The molecule has 1 aliphatic heterocycles. The Balaban J connectivity index is 1.74. The first kappa shape index (κ1) is 14.5. The van der Waals surface area contributed by atoms with E-state index < -0.39 is 0 Å². The average molecular weight is 302 g/mol. The summed E-state index contributed by atoms with van der Waals surface area (Å²) in [6.07, 6.45) is 1.05. The van der Waals surface area contributed by atoms with Crippen molar-refractivity contribution >= 4 is 34.1 Å². The van der Waals surface area contributed by atoms with Gasteiger partial charge in [0.25, 0.3) is 0 Å². The third-order valence-electron chi connectivity index (χ3n) is 2.62. The SMILES string of the molecule is CCCNc1nnc(SCC(=O)N2CCOCC2)s1. The van der Waals surface area contributed by atoms with Gasteiger partial charge in [-0.05, 0) is 6.42 Å². The Bertz CT molecular complexity index is 407. The van der Waals surface area contributed by atoms with Gasteiger partial charge in [-0.2, -0.15) is 0 Å². The van der Waals surface area contributed by atoms with Crippen LogP contribution in [-0.2, 0) is 9.53 Å². The summed E-state index contributed by atoms with van der Waals surface area (Å²) in [6, 6.07) is 0. The fourth-order valence-corrected chi connectivity index (χ4v) is 3.28. The minimum atomic E-state index is 0.145. The predicted octanol–water partition coefficient (Wildman–Crippen LogP) is 1.31. The molecule has 1 aliphatic rings. The van der Waals surface area contributed by atoms with Crippen molar-refractivity contribution in [3.05, 3.63) is 0 Å². The van der Waals surface area contributed by atoms with Gasteiger partial charge in [-0.1, -0.05) is 30.0 Å². The Hall–Kier alpha value is -0.860. The van der Waals surface area contributed by atoms with E-state index in [9.17, 15) is 4.79 Å². The van der Waals surface area contributed by atoms with Crippen LogP contribution in [-0.4, -0.2) is 59.6 Å². The number of anilines is 1. The molecular weight excluding hydrogens is 284 g/mol. The maximum Gasteiger partial charge on any atom is 0.233 e. The largest absolute Gasteiger partial charge is 0.378 e. The highest BCUT2D eigenvalue weighted by Gasteiger charge is 2.17. The monoisotopic (exact) mass is 302 g/mol. The number of hydrogen-bond donors (Lipinski definition) is 1. The van der Waals surface area contributed by atoms with E-state index in [0.717, 1.165) is 22.4 Å². The number of ether oxygens (including phenoxy) is 1. The third kappa shape index (κ3) is 4.63. The van der Waals surface area contributed by atoms with Crippen molar-refractivity contribution in [3.63, 3.8) is 0 Å². The molecule has 0 radical (unpaired) electrons. The van der Waals surface area contributed by atoms with Crippen LogP contribution in [0.2, 0.25) is 0 Å². The Morgan fingerprint density at radius 3 is 3.00 bits per heavy atom. The van der Waals surface area contributed by atoms with Crippen molar-refractivity contribution in [1.82, 2.24) is 15.1 Å². The van der Waals surface area contributed by atoms with Gasteiger partial charge in [0.15, 0.2) is 4.34 Å². The topological polar surface area (TPSA) is 67.4 Å². The van der Waals surface area contributed by atoms with Crippen LogP contribution >= 0.6 is 23.1 Å². The zero-order chi connectivity index (χ0) is 13.5.